The molecule has 234 valence electrons. The smallest absolute Gasteiger partial charge is 0.164 e. The molecule has 0 atom stereocenters. The highest BCUT2D eigenvalue weighted by atomic mass is 16.3. The Morgan fingerprint density at radius 3 is 1.90 bits per heavy atom. The summed E-state index contributed by atoms with van der Waals surface area (Å²) < 4.78 is 6.86. The van der Waals surface area contributed by atoms with Crippen LogP contribution < -0.4 is 0 Å². The number of benzene rings is 6. The first-order chi connectivity index (χ1) is 24.8. The van der Waals surface area contributed by atoms with E-state index in [1.807, 2.05) is 24.3 Å². The maximum absolute atomic E-state index is 6.86. The number of fused-ring (bicyclic) bond motifs is 14. The van der Waals surface area contributed by atoms with Gasteiger partial charge in [0.05, 0.1) is 5.41 Å². The summed E-state index contributed by atoms with van der Waals surface area (Å²) in [5, 5.41) is 2.14. The van der Waals surface area contributed by atoms with Gasteiger partial charge in [-0.2, -0.15) is 0 Å². The minimum Gasteiger partial charge on any atom is -0.455 e. The van der Waals surface area contributed by atoms with Crippen molar-refractivity contribution in [2.24, 2.45) is 0 Å². The lowest BCUT2D eigenvalue weighted by atomic mass is 9.69. The second kappa shape index (κ2) is 10.3. The van der Waals surface area contributed by atoms with Gasteiger partial charge >= 0.3 is 0 Å². The van der Waals surface area contributed by atoms with E-state index < -0.39 is 5.41 Å². The van der Waals surface area contributed by atoms with E-state index in [9.17, 15) is 0 Å². The molecule has 2 heterocycles. The number of furan rings is 1. The third-order valence-electron chi connectivity index (χ3n) is 10.8. The quantitative estimate of drug-likeness (QED) is 0.193. The van der Waals surface area contributed by atoms with Crippen LogP contribution >= 0.6 is 0 Å². The lowest BCUT2D eigenvalue weighted by Gasteiger charge is -2.32. The summed E-state index contributed by atoms with van der Waals surface area (Å²) in [5.41, 5.74) is 14.0. The van der Waals surface area contributed by atoms with E-state index in [2.05, 4.69) is 127 Å². The van der Waals surface area contributed by atoms with Crippen molar-refractivity contribution in [2.75, 3.05) is 0 Å². The molecular weight excluding hydrogens is 611 g/mol. The maximum Gasteiger partial charge on any atom is 0.164 e. The van der Waals surface area contributed by atoms with Crippen LogP contribution in [0.5, 0.6) is 0 Å². The fourth-order valence-electron chi connectivity index (χ4n) is 8.78. The monoisotopic (exact) mass is 639 g/mol. The molecule has 0 N–H and O–H groups in total. The number of aromatic nitrogens is 3. The maximum atomic E-state index is 6.86. The topological polar surface area (TPSA) is 51.8 Å². The molecule has 0 saturated heterocycles. The molecule has 0 bridgehead atoms. The Bertz CT molecular complexity index is 2720. The van der Waals surface area contributed by atoms with E-state index in [0.29, 0.717) is 11.6 Å². The van der Waals surface area contributed by atoms with E-state index in [4.69, 9.17) is 19.4 Å². The largest absolute Gasteiger partial charge is 0.455 e. The van der Waals surface area contributed by atoms with Gasteiger partial charge in [-0.25, -0.2) is 15.0 Å². The average molecular weight is 640 g/mol. The standard InChI is InChI=1S/C46H29N3O/c1-3-15-28(16-4-1)43-47-44(29-17-5-2-6-18-29)49-45(48-43)35-27-34-32-21-10-14-26-39(32)50-42(34)40-33-22-9-13-25-38(33)46(41(35)40)36-23-11-7-19-30(36)31-20-8-12-24-37(31)46/h1-5,7-17,19-27H,6,18H2. The third-order valence-corrected chi connectivity index (χ3v) is 10.8. The highest BCUT2D eigenvalue weighted by molar-refractivity contribution is 6.15. The Labute approximate surface area is 289 Å². The number of allylic oxidation sites excluding steroid dienone is 4. The van der Waals surface area contributed by atoms with Gasteiger partial charge in [-0.1, -0.05) is 140 Å². The molecule has 0 aliphatic heterocycles. The number of nitrogens with zero attached hydrogens (tertiary/aromatic N) is 3. The van der Waals surface area contributed by atoms with Crippen LogP contribution in [0.25, 0.3) is 72.5 Å². The van der Waals surface area contributed by atoms with Crippen LogP contribution in [0.2, 0.25) is 0 Å². The Balaban J connectivity index is 1.34. The second-order valence-electron chi connectivity index (χ2n) is 13.4. The Hall–Kier alpha value is -6.39. The third kappa shape index (κ3) is 3.62. The zero-order valence-corrected chi connectivity index (χ0v) is 27.1. The summed E-state index contributed by atoms with van der Waals surface area (Å²) in [6.07, 6.45) is 8.31. The van der Waals surface area contributed by atoms with Gasteiger partial charge < -0.3 is 4.42 Å². The Kier molecular flexibility index (Phi) is 5.68. The molecule has 1 spiro atoms. The van der Waals surface area contributed by atoms with Crippen molar-refractivity contribution < 1.29 is 4.42 Å². The molecular formula is C46H29N3O. The zero-order chi connectivity index (χ0) is 32.8. The molecule has 8 aromatic rings. The number of para-hydroxylation sites is 1. The Morgan fingerprint density at radius 1 is 0.540 bits per heavy atom. The van der Waals surface area contributed by atoms with Crippen molar-refractivity contribution in [3.63, 3.8) is 0 Å². The fraction of sp³-hybridized carbons (Fsp3) is 0.0652. The summed E-state index contributed by atoms with van der Waals surface area (Å²) in [6.45, 7) is 0. The molecule has 6 aromatic carbocycles. The lowest BCUT2D eigenvalue weighted by molar-refractivity contribution is 0.669. The van der Waals surface area contributed by atoms with Gasteiger partial charge in [0.15, 0.2) is 17.5 Å². The molecule has 0 radical (unpaired) electrons. The Morgan fingerprint density at radius 2 is 1.16 bits per heavy atom. The van der Waals surface area contributed by atoms with Crippen molar-refractivity contribution in [3.05, 3.63) is 180 Å². The zero-order valence-electron chi connectivity index (χ0n) is 27.1. The van der Waals surface area contributed by atoms with Crippen LogP contribution in [-0.2, 0) is 5.41 Å². The van der Waals surface area contributed by atoms with Crippen molar-refractivity contribution >= 4 is 27.5 Å². The summed E-state index contributed by atoms with van der Waals surface area (Å²) in [4.78, 5) is 15.8. The van der Waals surface area contributed by atoms with Crippen molar-refractivity contribution in [3.8, 4) is 45.0 Å². The lowest BCUT2D eigenvalue weighted by Crippen LogP contribution is -2.27. The number of hydrogen-bond donors (Lipinski definition) is 0. The number of hydrogen-bond acceptors (Lipinski definition) is 4. The molecule has 4 heteroatoms. The second-order valence-corrected chi connectivity index (χ2v) is 13.4. The van der Waals surface area contributed by atoms with Crippen LogP contribution in [0.3, 0.4) is 0 Å². The highest BCUT2D eigenvalue weighted by Crippen LogP contribution is 2.65. The predicted molar refractivity (Wildman–Crippen MR) is 201 cm³/mol. The van der Waals surface area contributed by atoms with Crippen LogP contribution in [0.4, 0.5) is 0 Å². The highest BCUT2D eigenvalue weighted by Gasteiger charge is 2.54. The van der Waals surface area contributed by atoms with E-state index in [1.165, 1.54) is 33.4 Å². The molecule has 50 heavy (non-hydrogen) atoms. The number of rotatable bonds is 3. The van der Waals surface area contributed by atoms with Gasteiger partial charge in [-0.05, 0) is 69.5 Å². The predicted octanol–water partition coefficient (Wildman–Crippen LogP) is 11.2. The van der Waals surface area contributed by atoms with Gasteiger partial charge in [-0.3, -0.25) is 0 Å². The molecule has 0 unspecified atom stereocenters. The molecule has 4 nitrogen and oxygen atoms in total. The van der Waals surface area contributed by atoms with E-state index in [-0.39, 0.29) is 0 Å². The van der Waals surface area contributed by atoms with Crippen LogP contribution in [0.15, 0.2) is 156 Å². The van der Waals surface area contributed by atoms with Gasteiger partial charge in [-0.15, -0.1) is 0 Å². The first kappa shape index (κ1) is 27.5. The summed E-state index contributed by atoms with van der Waals surface area (Å²) >= 11 is 0. The SMILES string of the molecule is C1=CCCC(c2nc(-c3ccccc3)nc(-c3cc4c(oc5ccccc54)c4c3C3(c5ccccc5-c5ccccc53)c3ccccc3-4)n2)=C1. The van der Waals surface area contributed by atoms with E-state index in [0.717, 1.165) is 68.4 Å². The van der Waals surface area contributed by atoms with E-state index >= 15 is 0 Å². The van der Waals surface area contributed by atoms with Crippen LogP contribution in [-0.4, -0.2) is 15.0 Å². The molecule has 0 amide bonds. The molecule has 3 aliphatic rings. The van der Waals surface area contributed by atoms with E-state index in [1.54, 1.807) is 0 Å². The van der Waals surface area contributed by atoms with Gasteiger partial charge in [0.2, 0.25) is 0 Å². The molecule has 0 fully saturated rings. The average Bonchev–Trinajstić information content (AvgIpc) is 3.82. The molecule has 11 rings (SSSR count). The van der Waals surface area contributed by atoms with Crippen molar-refractivity contribution in [2.45, 2.75) is 18.3 Å². The minimum absolute atomic E-state index is 0.603. The van der Waals surface area contributed by atoms with Crippen LogP contribution in [0, 0.1) is 0 Å². The first-order valence-electron chi connectivity index (χ1n) is 17.3. The fourth-order valence-corrected chi connectivity index (χ4v) is 8.78. The van der Waals surface area contributed by atoms with Crippen LogP contribution in [0.1, 0.15) is 40.9 Å². The molecule has 3 aliphatic carbocycles. The van der Waals surface area contributed by atoms with Crippen molar-refractivity contribution in [1.29, 1.82) is 0 Å². The minimum atomic E-state index is -0.603. The van der Waals surface area contributed by atoms with Crippen molar-refractivity contribution in [1.82, 2.24) is 15.0 Å². The summed E-state index contributed by atoms with van der Waals surface area (Å²) in [5.74, 6) is 2.06. The summed E-state index contributed by atoms with van der Waals surface area (Å²) in [7, 11) is 0. The first-order valence-corrected chi connectivity index (χ1v) is 17.3. The molecule has 0 saturated carbocycles. The molecule has 2 aromatic heterocycles. The van der Waals surface area contributed by atoms with Gasteiger partial charge in [0, 0.05) is 27.5 Å². The van der Waals surface area contributed by atoms with Gasteiger partial charge in [0.25, 0.3) is 0 Å². The van der Waals surface area contributed by atoms with Gasteiger partial charge in [0.1, 0.15) is 11.2 Å². The summed E-state index contributed by atoms with van der Waals surface area (Å²) in [6, 6.07) is 47.6. The normalized spacial score (nSPS) is 14.8.